The van der Waals surface area contributed by atoms with E-state index in [-0.39, 0.29) is 0 Å². The van der Waals surface area contributed by atoms with Crippen molar-refractivity contribution >= 4 is 5.97 Å². The second-order valence-electron chi connectivity index (χ2n) is 4.91. The molecule has 2 N–H and O–H groups in total. The predicted octanol–water partition coefficient (Wildman–Crippen LogP) is 1.58. The molecular formula is C13H26N2O2. The molecule has 4 heteroatoms. The summed E-state index contributed by atoms with van der Waals surface area (Å²) in [6.45, 7) is 7.78. The molecule has 0 heterocycles. The second kappa shape index (κ2) is 8.25. The van der Waals surface area contributed by atoms with Gasteiger partial charge in [-0.1, -0.05) is 26.8 Å². The van der Waals surface area contributed by atoms with Crippen molar-refractivity contribution in [2.45, 2.75) is 33.2 Å². The predicted molar refractivity (Wildman–Crippen MR) is 71.2 cm³/mol. The summed E-state index contributed by atoms with van der Waals surface area (Å²) < 4.78 is 0. The zero-order chi connectivity index (χ0) is 13.4. The number of aliphatic carboxylic acids is 1. The number of nitrogens with one attached hydrogen (secondary N) is 1. The molecule has 0 saturated heterocycles. The summed E-state index contributed by atoms with van der Waals surface area (Å²) in [5.41, 5.74) is 0.477. The molecule has 0 fully saturated rings. The third kappa shape index (κ3) is 7.13. The van der Waals surface area contributed by atoms with E-state index in [0.717, 1.165) is 6.54 Å². The van der Waals surface area contributed by atoms with Crippen LogP contribution in [0.4, 0.5) is 0 Å². The van der Waals surface area contributed by atoms with Gasteiger partial charge in [0, 0.05) is 24.7 Å². The Balaban J connectivity index is 4.26. The minimum atomic E-state index is -0.817. The standard InChI is InChI=1S/C13H26N2O2/c1-6-11(13(16)17)7-8-14-12(10(2)3)9-15(4)5/h7,10,12,14H,6,8-9H2,1-5H3,(H,16,17). The fourth-order valence-electron chi connectivity index (χ4n) is 1.62. The van der Waals surface area contributed by atoms with Gasteiger partial charge in [-0.05, 0) is 26.4 Å². The first-order valence-electron chi connectivity index (χ1n) is 6.18. The third-order valence-electron chi connectivity index (χ3n) is 2.75. The molecule has 0 aromatic heterocycles. The molecule has 0 spiro atoms. The molecule has 0 bridgehead atoms. The molecule has 4 nitrogen and oxygen atoms in total. The van der Waals surface area contributed by atoms with Crippen molar-refractivity contribution < 1.29 is 9.90 Å². The van der Waals surface area contributed by atoms with Crippen LogP contribution in [0, 0.1) is 5.92 Å². The lowest BCUT2D eigenvalue weighted by Gasteiger charge is -2.25. The van der Waals surface area contributed by atoms with Crippen molar-refractivity contribution in [3.8, 4) is 0 Å². The van der Waals surface area contributed by atoms with Gasteiger partial charge in [0.05, 0.1) is 0 Å². The lowest BCUT2D eigenvalue weighted by molar-refractivity contribution is -0.132. The first-order valence-corrected chi connectivity index (χ1v) is 6.18. The Labute approximate surface area is 105 Å². The smallest absolute Gasteiger partial charge is 0.331 e. The van der Waals surface area contributed by atoms with E-state index in [0.29, 0.717) is 30.5 Å². The summed E-state index contributed by atoms with van der Waals surface area (Å²) in [6.07, 6.45) is 2.34. The first kappa shape index (κ1) is 16.1. The number of hydrogen-bond acceptors (Lipinski definition) is 3. The van der Waals surface area contributed by atoms with Gasteiger partial charge in [-0.15, -0.1) is 0 Å². The van der Waals surface area contributed by atoms with E-state index >= 15 is 0 Å². The quantitative estimate of drug-likeness (QED) is 0.635. The molecule has 100 valence electrons. The Morgan fingerprint density at radius 3 is 2.35 bits per heavy atom. The Morgan fingerprint density at radius 2 is 2.00 bits per heavy atom. The molecule has 0 aromatic rings. The summed E-state index contributed by atoms with van der Waals surface area (Å²) in [6, 6.07) is 0.383. The number of carboxylic acid groups (broad SMARTS) is 1. The van der Waals surface area contributed by atoms with Crippen LogP contribution in [-0.2, 0) is 4.79 Å². The van der Waals surface area contributed by atoms with Crippen LogP contribution in [0.2, 0.25) is 0 Å². The highest BCUT2D eigenvalue weighted by Crippen LogP contribution is 2.04. The van der Waals surface area contributed by atoms with Crippen LogP contribution < -0.4 is 5.32 Å². The summed E-state index contributed by atoms with van der Waals surface area (Å²) in [7, 11) is 4.09. The molecule has 0 aromatic carbocycles. The normalized spacial score (nSPS) is 14.4. The van der Waals surface area contributed by atoms with Crippen LogP contribution in [-0.4, -0.2) is 49.2 Å². The molecule has 1 unspecified atom stereocenters. The number of carbonyl (C=O) groups is 1. The van der Waals surface area contributed by atoms with Gasteiger partial charge in [-0.25, -0.2) is 4.79 Å². The van der Waals surface area contributed by atoms with Crippen LogP contribution in [0.5, 0.6) is 0 Å². The SMILES string of the molecule is CCC(=CCNC(CN(C)C)C(C)C)C(=O)O. The van der Waals surface area contributed by atoms with Gasteiger partial charge in [-0.2, -0.15) is 0 Å². The van der Waals surface area contributed by atoms with Gasteiger partial charge in [0.25, 0.3) is 0 Å². The largest absolute Gasteiger partial charge is 0.478 e. The maximum Gasteiger partial charge on any atom is 0.331 e. The Hall–Kier alpha value is -0.870. The summed E-state index contributed by atoms with van der Waals surface area (Å²) in [5.74, 6) is -0.288. The number of hydrogen-bond donors (Lipinski definition) is 2. The maximum absolute atomic E-state index is 10.8. The minimum Gasteiger partial charge on any atom is -0.478 e. The van der Waals surface area contributed by atoms with Crippen LogP contribution in [0.1, 0.15) is 27.2 Å². The Morgan fingerprint density at radius 1 is 1.41 bits per heavy atom. The van der Waals surface area contributed by atoms with Crippen molar-refractivity contribution in [2.75, 3.05) is 27.2 Å². The fraction of sp³-hybridized carbons (Fsp3) is 0.769. The van der Waals surface area contributed by atoms with E-state index in [9.17, 15) is 4.79 Å². The maximum atomic E-state index is 10.8. The summed E-state index contributed by atoms with van der Waals surface area (Å²) in [5, 5.41) is 12.3. The third-order valence-corrected chi connectivity index (χ3v) is 2.75. The zero-order valence-electron chi connectivity index (χ0n) is 11.7. The zero-order valence-corrected chi connectivity index (χ0v) is 11.7. The van der Waals surface area contributed by atoms with Crippen molar-refractivity contribution in [3.05, 3.63) is 11.6 Å². The van der Waals surface area contributed by atoms with Crippen molar-refractivity contribution in [1.29, 1.82) is 0 Å². The average molecular weight is 242 g/mol. The van der Waals surface area contributed by atoms with Gasteiger partial charge >= 0.3 is 5.97 Å². The highest BCUT2D eigenvalue weighted by atomic mass is 16.4. The van der Waals surface area contributed by atoms with Crippen LogP contribution in [0.25, 0.3) is 0 Å². The molecule has 0 saturated carbocycles. The molecule has 0 amide bonds. The molecule has 0 aliphatic rings. The minimum absolute atomic E-state index is 0.383. The highest BCUT2D eigenvalue weighted by molar-refractivity contribution is 5.86. The first-order chi connectivity index (χ1) is 7.88. The molecule has 0 radical (unpaired) electrons. The number of nitrogens with zero attached hydrogens (tertiary/aromatic N) is 1. The summed E-state index contributed by atoms with van der Waals surface area (Å²) >= 11 is 0. The second-order valence-corrected chi connectivity index (χ2v) is 4.91. The van der Waals surface area contributed by atoms with Crippen LogP contribution >= 0.6 is 0 Å². The number of likely N-dealkylation sites (N-methyl/N-ethyl adjacent to an activating group) is 1. The molecular weight excluding hydrogens is 216 g/mol. The lowest BCUT2D eigenvalue weighted by Crippen LogP contribution is -2.42. The van der Waals surface area contributed by atoms with Gasteiger partial charge in [0.1, 0.15) is 0 Å². The van der Waals surface area contributed by atoms with E-state index < -0.39 is 5.97 Å². The van der Waals surface area contributed by atoms with Crippen LogP contribution in [0.3, 0.4) is 0 Å². The molecule has 17 heavy (non-hydrogen) atoms. The van der Waals surface area contributed by atoms with Crippen molar-refractivity contribution in [3.63, 3.8) is 0 Å². The van der Waals surface area contributed by atoms with Crippen molar-refractivity contribution in [2.24, 2.45) is 5.92 Å². The monoisotopic (exact) mass is 242 g/mol. The van der Waals surface area contributed by atoms with Crippen molar-refractivity contribution in [1.82, 2.24) is 10.2 Å². The van der Waals surface area contributed by atoms with Gasteiger partial charge in [0.2, 0.25) is 0 Å². The summed E-state index contributed by atoms with van der Waals surface area (Å²) in [4.78, 5) is 13.0. The molecule has 1 atom stereocenters. The Kier molecular flexibility index (Phi) is 7.83. The molecule has 0 aliphatic carbocycles. The van der Waals surface area contributed by atoms with Gasteiger partial charge in [-0.3, -0.25) is 0 Å². The van der Waals surface area contributed by atoms with Gasteiger partial charge < -0.3 is 15.3 Å². The topological polar surface area (TPSA) is 52.6 Å². The number of carboxylic acids is 1. The van der Waals surface area contributed by atoms with E-state index in [1.54, 1.807) is 6.08 Å². The van der Waals surface area contributed by atoms with E-state index in [4.69, 9.17) is 5.11 Å². The van der Waals surface area contributed by atoms with E-state index in [1.165, 1.54) is 0 Å². The highest BCUT2D eigenvalue weighted by Gasteiger charge is 2.13. The Bertz CT molecular complexity index is 260. The van der Waals surface area contributed by atoms with Crippen LogP contribution in [0.15, 0.2) is 11.6 Å². The molecule has 0 aliphatic heterocycles. The van der Waals surface area contributed by atoms with Gasteiger partial charge in [0.15, 0.2) is 0 Å². The van der Waals surface area contributed by atoms with E-state index in [1.807, 2.05) is 21.0 Å². The lowest BCUT2D eigenvalue weighted by atomic mass is 10.0. The average Bonchev–Trinajstić information content (AvgIpc) is 2.21. The fourth-order valence-corrected chi connectivity index (χ4v) is 1.62. The van der Waals surface area contributed by atoms with E-state index in [2.05, 4.69) is 24.1 Å². The molecule has 0 rings (SSSR count). The number of rotatable bonds is 8.